The molecule has 0 aliphatic rings. The van der Waals surface area contributed by atoms with Gasteiger partial charge in [0.1, 0.15) is 12.4 Å². The molecular formula is C24H25FN2O3S. The highest BCUT2D eigenvalue weighted by Gasteiger charge is 2.29. The van der Waals surface area contributed by atoms with Crippen molar-refractivity contribution in [2.75, 3.05) is 10.8 Å². The van der Waals surface area contributed by atoms with Crippen LogP contribution < -0.4 is 9.62 Å². The van der Waals surface area contributed by atoms with Crippen LogP contribution in [0.4, 0.5) is 10.1 Å². The fourth-order valence-corrected chi connectivity index (χ4v) is 4.84. The van der Waals surface area contributed by atoms with Crippen LogP contribution >= 0.6 is 0 Å². The Morgan fingerprint density at radius 3 is 2.32 bits per heavy atom. The molecule has 0 fully saturated rings. The summed E-state index contributed by atoms with van der Waals surface area (Å²) in [7, 11) is -4.15. The molecule has 1 N–H and O–H groups in total. The molecule has 1 amide bonds. The molecule has 0 radical (unpaired) electrons. The number of hydrogen-bond acceptors (Lipinski definition) is 3. The average molecular weight is 441 g/mol. The Kier molecular flexibility index (Phi) is 6.75. The zero-order valence-corrected chi connectivity index (χ0v) is 18.5. The molecule has 0 saturated carbocycles. The summed E-state index contributed by atoms with van der Waals surface area (Å²) < 4.78 is 41.8. The van der Waals surface area contributed by atoms with E-state index < -0.39 is 28.3 Å². The Hall–Kier alpha value is -3.19. The molecule has 0 aliphatic carbocycles. The van der Waals surface area contributed by atoms with Crippen LogP contribution in [0, 0.1) is 19.7 Å². The Balaban J connectivity index is 1.91. The number of aryl methyl sites for hydroxylation is 2. The summed E-state index contributed by atoms with van der Waals surface area (Å²) in [5, 5.41) is 2.84. The van der Waals surface area contributed by atoms with E-state index in [0.717, 1.165) is 21.0 Å². The van der Waals surface area contributed by atoms with E-state index in [1.54, 1.807) is 18.2 Å². The summed E-state index contributed by atoms with van der Waals surface area (Å²) in [6.07, 6.45) is 0. The van der Waals surface area contributed by atoms with Gasteiger partial charge in [-0.15, -0.1) is 0 Å². The normalized spacial score (nSPS) is 12.3. The lowest BCUT2D eigenvalue weighted by molar-refractivity contribution is -0.120. The van der Waals surface area contributed by atoms with Crippen molar-refractivity contribution in [1.82, 2.24) is 5.32 Å². The molecule has 7 heteroatoms. The third-order valence-corrected chi connectivity index (χ3v) is 6.79. The maximum absolute atomic E-state index is 14.5. The number of hydrogen-bond donors (Lipinski definition) is 1. The van der Waals surface area contributed by atoms with Gasteiger partial charge >= 0.3 is 0 Å². The van der Waals surface area contributed by atoms with Gasteiger partial charge in [-0.1, -0.05) is 54.1 Å². The molecule has 0 saturated heterocycles. The monoisotopic (exact) mass is 440 g/mol. The van der Waals surface area contributed by atoms with Gasteiger partial charge in [-0.05, 0) is 56.2 Å². The van der Waals surface area contributed by atoms with Gasteiger partial charge in [0.25, 0.3) is 10.0 Å². The zero-order chi connectivity index (χ0) is 22.6. The first-order chi connectivity index (χ1) is 14.7. The number of benzene rings is 3. The largest absolute Gasteiger partial charge is 0.348 e. The number of rotatable bonds is 7. The van der Waals surface area contributed by atoms with Gasteiger partial charge in [0.15, 0.2) is 0 Å². The summed E-state index contributed by atoms with van der Waals surface area (Å²) >= 11 is 0. The Labute approximate surface area is 182 Å². The lowest BCUT2D eigenvalue weighted by Crippen LogP contribution is -2.42. The van der Waals surface area contributed by atoms with E-state index in [1.165, 1.54) is 36.4 Å². The van der Waals surface area contributed by atoms with Gasteiger partial charge < -0.3 is 5.32 Å². The van der Waals surface area contributed by atoms with E-state index in [0.29, 0.717) is 0 Å². The summed E-state index contributed by atoms with van der Waals surface area (Å²) in [4.78, 5) is 12.8. The second-order valence-corrected chi connectivity index (χ2v) is 9.29. The van der Waals surface area contributed by atoms with Crippen molar-refractivity contribution in [3.8, 4) is 0 Å². The molecule has 1 atom stereocenters. The second-order valence-electron chi connectivity index (χ2n) is 7.43. The molecule has 3 aromatic carbocycles. The summed E-state index contributed by atoms with van der Waals surface area (Å²) in [6.45, 7) is 5.19. The van der Waals surface area contributed by atoms with Crippen molar-refractivity contribution < 1.29 is 17.6 Å². The van der Waals surface area contributed by atoms with Gasteiger partial charge in [0.05, 0.1) is 16.6 Å². The first-order valence-corrected chi connectivity index (χ1v) is 11.3. The highest BCUT2D eigenvalue weighted by atomic mass is 32.2. The van der Waals surface area contributed by atoms with E-state index in [2.05, 4.69) is 5.32 Å². The van der Waals surface area contributed by atoms with Crippen molar-refractivity contribution in [3.05, 3.63) is 95.3 Å². The van der Waals surface area contributed by atoms with Crippen LogP contribution in [0.3, 0.4) is 0 Å². The van der Waals surface area contributed by atoms with Gasteiger partial charge in [-0.3, -0.25) is 9.10 Å². The summed E-state index contributed by atoms with van der Waals surface area (Å²) in [5.74, 6) is -1.26. The number of anilines is 1. The number of amides is 1. The Morgan fingerprint density at radius 1 is 1.00 bits per heavy atom. The van der Waals surface area contributed by atoms with E-state index in [1.807, 2.05) is 39.0 Å². The molecule has 0 heterocycles. The van der Waals surface area contributed by atoms with Crippen molar-refractivity contribution in [2.45, 2.75) is 31.7 Å². The molecule has 0 bridgehead atoms. The van der Waals surface area contributed by atoms with Gasteiger partial charge in [0, 0.05) is 0 Å². The smallest absolute Gasteiger partial charge is 0.264 e. The molecule has 31 heavy (non-hydrogen) atoms. The minimum atomic E-state index is -4.15. The van der Waals surface area contributed by atoms with Crippen LogP contribution in [-0.2, 0) is 14.8 Å². The third-order valence-electron chi connectivity index (χ3n) is 5.02. The number of carbonyl (C=O) groups excluding carboxylic acids is 1. The number of sulfonamides is 1. The van der Waals surface area contributed by atoms with Crippen LogP contribution in [0.15, 0.2) is 77.7 Å². The van der Waals surface area contributed by atoms with E-state index in [4.69, 9.17) is 0 Å². The van der Waals surface area contributed by atoms with Crippen molar-refractivity contribution in [2.24, 2.45) is 0 Å². The number of para-hydroxylation sites is 1. The Bertz CT molecular complexity index is 1180. The van der Waals surface area contributed by atoms with Gasteiger partial charge in [-0.2, -0.15) is 0 Å². The standard InChI is InChI=1S/C24H25FN2O3S/c1-17-13-14-18(2)21(15-17)19(3)26-24(28)16-27(23-12-8-7-11-22(23)25)31(29,30)20-9-5-4-6-10-20/h4-15,19H,16H2,1-3H3,(H,26,28)/t19-/m0/s1. The fraction of sp³-hybridized carbons (Fsp3) is 0.208. The Morgan fingerprint density at radius 2 is 1.65 bits per heavy atom. The molecule has 3 aromatic rings. The van der Waals surface area contributed by atoms with E-state index in [-0.39, 0.29) is 16.6 Å². The first kappa shape index (κ1) is 22.5. The van der Waals surface area contributed by atoms with Crippen LogP contribution in [0.5, 0.6) is 0 Å². The van der Waals surface area contributed by atoms with Crippen LogP contribution in [0.2, 0.25) is 0 Å². The minimum Gasteiger partial charge on any atom is -0.348 e. The highest BCUT2D eigenvalue weighted by Crippen LogP contribution is 2.26. The molecule has 0 aliphatic heterocycles. The molecule has 0 aromatic heterocycles. The molecule has 3 rings (SSSR count). The third kappa shape index (κ3) is 5.11. The molecule has 0 unspecified atom stereocenters. The number of halogens is 1. The van der Waals surface area contributed by atoms with Gasteiger partial charge in [0.2, 0.25) is 5.91 Å². The van der Waals surface area contributed by atoms with E-state index in [9.17, 15) is 17.6 Å². The molecule has 0 spiro atoms. The molecule has 162 valence electrons. The van der Waals surface area contributed by atoms with Crippen molar-refractivity contribution in [1.29, 1.82) is 0 Å². The number of nitrogens with zero attached hydrogens (tertiary/aromatic N) is 1. The first-order valence-electron chi connectivity index (χ1n) is 9.89. The highest BCUT2D eigenvalue weighted by molar-refractivity contribution is 7.92. The second kappa shape index (κ2) is 9.31. The average Bonchev–Trinajstić information content (AvgIpc) is 2.75. The van der Waals surface area contributed by atoms with Crippen molar-refractivity contribution >= 4 is 21.6 Å². The number of nitrogens with one attached hydrogen (secondary N) is 1. The minimum absolute atomic E-state index is 0.0198. The lowest BCUT2D eigenvalue weighted by atomic mass is 10.00. The van der Waals surface area contributed by atoms with E-state index >= 15 is 0 Å². The predicted molar refractivity (Wildman–Crippen MR) is 120 cm³/mol. The summed E-state index contributed by atoms with van der Waals surface area (Å²) in [6, 6.07) is 18.8. The number of carbonyl (C=O) groups is 1. The summed E-state index contributed by atoms with van der Waals surface area (Å²) in [5.41, 5.74) is 2.83. The van der Waals surface area contributed by atoms with Crippen LogP contribution in [0.25, 0.3) is 0 Å². The quantitative estimate of drug-likeness (QED) is 0.588. The molecular weight excluding hydrogens is 415 g/mol. The zero-order valence-electron chi connectivity index (χ0n) is 17.7. The SMILES string of the molecule is Cc1ccc(C)c([C@H](C)NC(=O)CN(c2ccccc2F)S(=O)(=O)c2ccccc2)c1. The molecule has 5 nitrogen and oxygen atoms in total. The topological polar surface area (TPSA) is 66.5 Å². The fourth-order valence-electron chi connectivity index (χ4n) is 3.40. The van der Waals surface area contributed by atoms with Crippen molar-refractivity contribution in [3.63, 3.8) is 0 Å². The van der Waals surface area contributed by atoms with Crippen LogP contribution in [-0.4, -0.2) is 20.9 Å². The maximum atomic E-state index is 14.5. The maximum Gasteiger partial charge on any atom is 0.264 e. The van der Waals surface area contributed by atoms with Crippen LogP contribution in [0.1, 0.15) is 29.7 Å². The van der Waals surface area contributed by atoms with Gasteiger partial charge in [-0.25, -0.2) is 12.8 Å². The lowest BCUT2D eigenvalue weighted by Gasteiger charge is -2.25. The predicted octanol–water partition coefficient (Wildman–Crippen LogP) is 4.52.